The number of amides is 1. The fourth-order valence-corrected chi connectivity index (χ4v) is 2.13. The molecule has 0 saturated heterocycles. The largest absolute Gasteiger partial charge is 0.493 e. The Morgan fingerprint density at radius 2 is 2.00 bits per heavy atom. The Balaban J connectivity index is 2.09. The van der Waals surface area contributed by atoms with Crippen molar-refractivity contribution in [1.82, 2.24) is 5.16 Å². The third-order valence-corrected chi connectivity index (χ3v) is 3.67. The van der Waals surface area contributed by atoms with E-state index in [1.54, 1.807) is 31.4 Å². The van der Waals surface area contributed by atoms with E-state index < -0.39 is 0 Å². The molecule has 2 aromatic rings. The standard InChI is InChI=1S/C19H26N2O4/c1-6-7-10-24-14-9-8-13(11-15(14)23-5)18(22)20-17-12-16(25-21-17)19(2,3)4/h8-9,11-12H,6-7,10H2,1-5H3,(H,20,21,22). The number of nitrogens with zero attached hydrogens (tertiary/aromatic N) is 1. The molecule has 0 radical (unpaired) electrons. The number of carbonyl (C=O) groups is 1. The van der Waals surface area contributed by atoms with Crippen molar-refractivity contribution < 1.29 is 18.8 Å². The van der Waals surface area contributed by atoms with Gasteiger partial charge in [-0.2, -0.15) is 0 Å². The van der Waals surface area contributed by atoms with E-state index in [1.807, 2.05) is 20.8 Å². The Morgan fingerprint density at radius 1 is 1.24 bits per heavy atom. The van der Waals surface area contributed by atoms with Crippen LogP contribution in [-0.2, 0) is 5.41 Å². The maximum Gasteiger partial charge on any atom is 0.257 e. The first-order valence-corrected chi connectivity index (χ1v) is 8.44. The second-order valence-electron chi connectivity index (χ2n) is 6.85. The van der Waals surface area contributed by atoms with Crippen LogP contribution in [0.1, 0.15) is 56.7 Å². The summed E-state index contributed by atoms with van der Waals surface area (Å²) in [5.41, 5.74) is 0.288. The number of benzene rings is 1. The Labute approximate surface area is 148 Å². The predicted molar refractivity (Wildman–Crippen MR) is 96.6 cm³/mol. The summed E-state index contributed by atoms with van der Waals surface area (Å²) in [4.78, 5) is 12.4. The van der Waals surface area contributed by atoms with E-state index in [1.165, 1.54) is 0 Å². The molecular formula is C19H26N2O4. The van der Waals surface area contributed by atoms with Gasteiger partial charge in [0.2, 0.25) is 0 Å². The van der Waals surface area contributed by atoms with Gasteiger partial charge in [-0.15, -0.1) is 0 Å². The van der Waals surface area contributed by atoms with Crippen LogP contribution < -0.4 is 14.8 Å². The van der Waals surface area contributed by atoms with Gasteiger partial charge in [-0.05, 0) is 24.6 Å². The molecule has 0 fully saturated rings. The number of anilines is 1. The molecule has 2 rings (SSSR count). The summed E-state index contributed by atoms with van der Waals surface area (Å²) < 4.78 is 16.3. The molecule has 25 heavy (non-hydrogen) atoms. The fraction of sp³-hybridized carbons (Fsp3) is 0.474. The summed E-state index contributed by atoms with van der Waals surface area (Å²) in [6.07, 6.45) is 2.02. The van der Waals surface area contributed by atoms with E-state index in [0.717, 1.165) is 12.8 Å². The third kappa shape index (κ3) is 4.98. The molecule has 0 aliphatic rings. The monoisotopic (exact) mass is 346 g/mol. The van der Waals surface area contributed by atoms with Crippen molar-refractivity contribution >= 4 is 11.7 Å². The van der Waals surface area contributed by atoms with Crippen molar-refractivity contribution in [3.05, 3.63) is 35.6 Å². The van der Waals surface area contributed by atoms with Crippen LogP contribution >= 0.6 is 0 Å². The molecule has 0 aliphatic carbocycles. The number of methoxy groups -OCH3 is 1. The van der Waals surface area contributed by atoms with Gasteiger partial charge >= 0.3 is 0 Å². The topological polar surface area (TPSA) is 73.6 Å². The Kier molecular flexibility index (Phi) is 6.07. The summed E-state index contributed by atoms with van der Waals surface area (Å²) in [6, 6.07) is 6.83. The maximum absolute atomic E-state index is 12.4. The Morgan fingerprint density at radius 3 is 2.60 bits per heavy atom. The predicted octanol–water partition coefficient (Wildman–Crippen LogP) is 4.41. The van der Waals surface area contributed by atoms with Gasteiger partial charge in [0.1, 0.15) is 5.76 Å². The van der Waals surface area contributed by atoms with E-state index in [-0.39, 0.29) is 11.3 Å². The summed E-state index contributed by atoms with van der Waals surface area (Å²) in [7, 11) is 1.55. The van der Waals surface area contributed by atoms with Gasteiger partial charge in [0, 0.05) is 17.0 Å². The molecule has 6 heteroatoms. The first kappa shape index (κ1) is 18.8. The number of rotatable bonds is 7. The second-order valence-corrected chi connectivity index (χ2v) is 6.85. The molecule has 0 atom stereocenters. The molecule has 1 amide bonds. The summed E-state index contributed by atoms with van der Waals surface area (Å²) >= 11 is 0. The van der Waals surface area contributed by atoms with E-state index in [4.69, 9.17) is 14.0 Å². The maximum atomic E-state index is 12.4. The number of nitrogens with one attached hydrogen (secondary N) is 1. The molecule has 0 unspecified atom stereocenters. The lowest BCUT2D eigenvalue weighted by atomic mass is 9.93. The highest BCUT2D eigenvalue weighted by Gasteiger charge is 2.21. The van der Waals surface area contributed by atoms with Crippen molar-refractivity contribution in [2.45, 2.75) is 46.0 Å². The van der Waals surface area contributed by atoms with Gasteiger partial charge in [-0.1, -0.05) is 39.3 Å². The molecule has 6 nitrogen and oxygen atoms in total. The van der Waals surface area contributed by atoms with Crippen molar-refractivity contribution in [3.63, 3.8) is 0 Å². The SMILES string of the molecule is CCCCOc1ccc(C(=O)Nc2cc(C(C)(C)C)on2)cc1OC. The quantitative estimate of drug-likeness (QED) is 0.752. The lowest BCUT2D eigenvalue weighted by Crippen LogP contribution is -2.13. The van der Waals surface area contributed by atoms with Gasteiger partial charge in [-0.25, -0.2) is 0 Å². The highest BCUT2D eigenvalue weighted by Crippen LogP contribution is 2.29. The summed E-state index contributed by atoms with van der Waals surface area (Å²) in [5, 5.41) is 6.63. The normalized spacial score (nSPS) is 11.2. The molecule has 1 N–H and O–H groups in total. The minimum absolute atomic E-state index is 0.170. The molecule has 1 aromatic carbocycles. The molecule has 0 bridgehead atoms. The zero-order valence-electron chi connectivity index (χ0n) is 15.5. The van der Waals surface area contributed by atoms with Crippen LogP contribution in [0.5, 0.6) is 11.5 Å². The third-order valence-electron chi connectivity index (χ3n) is 3.67. The zero-order valence-corrected chi connectivity index (χ0v) is 15.5. The van der Waals surface area contributed by atoms with Crippen LogP contribution in [0.25, 0.3) is 0 Å². The molecule has 0 spiro atoms. The van der Waals surface area contributed by atoms with E-state index in [2.05, 4.69) is 17.4 Å². The molecule has 136 valence electrons. The number of hydrogen-bond donors (Lipinski definition) is 1. The highest BCUT2D eigenvalue weighted by atomic mass is 16.5. The minimum atomic E-state index is -0.285. The van der Waals surface area contributed by atoms with Gasteiger partial charge in [0.25, 0.3) is 5.91 Å². The van der Waals surface area contributed by atoms with Crippen LogP contribution in [0, 0.1) is 0 Å². The van der Waals surface area contributed by atoms with Crippen molar-refractivity contribution in [2.24, 2.45) is 0 Å². The van der Waals surface area contributed by atoms with Crippen LogP contribution in [0.4, 0.5) is 5.82 Å². The Hall–Kier alpha value is -2.50. The highest BCUT2D eigenvalue weighted by molar-refractivity contribution is 6.04. The summed E-state index contributed by atoms with van der Waals surface area (Å²) in [5.74, 6) is 1.97. The lowest BCUT2D eigenvalue weighted by Gasteiger charge is -2.12. The minimum Gasteiger partial charge on any atom is -0.493 e. The molecule has 0 aliphatic heterocycles. The van der Waals surface area contributed by atoms with E-state index >= 15 is 0 Å². The number of aromatic nitrogens is 1. The van der Waals surface area contributed by atoms with Gasteiger partial charge in [0.15, 0.2) is 17.3 Å². The number of hydrogen-bond acceptors (Lipinski definition) is 5. The van der Waals surface area contributed by atoms with Crippen LogP contribution in [0.3, 0.4) is 0 Å². The smallest absolute Gasteiger partial charge is 0.257 e. The average molecular weight is 346 g/mol. The van der Waals surface area contributed by atoms with Crippen LogP contribution in [-0.4, -0.2) is 24.8 Å². The molecule has 1 heterocycles. The number of unbranched alkanes of at least 4 members (excludes halogenated alkanes) is 1. The van der Waals surface area contributed by atoms with Gasteiger partial charge < -0.3 is 19.3 Å². The molecule has 1 aromatic heterocycles. The Bertz CT molecular complexity index is 716. The van der Waals surface area contributed by atoms with Crippen molar-refractivity contribution in [1.29, 1.82) is 0 Å². The van der Waals surface area contributed by atoms with E-state index in [9.17, 15) is 4.79 Å². The second kappa shape index (κ2) is 8.05. The fourth-order valence-electron chi connectivity index (χ4n) is 2.13. The van der Waals surface area contributed by atoms with Gasteiger partial charge in [-0.3, -0.25) is 4.79 Å². The number of ether oxygens (including phenoxy) is 2. The average Bonchev–Trinajstić information content (AvgIpc) is 3.04. The molecule has 0 saturated carbocycles. The zero-order chi connectivity index (χ0) is 18.4. The van der Waals surface area contributed by atoms with Gasteiger partial charge in [0.05, 0.1) is 13.7 Å². The van der Waals surface area contributed by atoms with Crippen LogP contribution in [0.15, 0.2) is 28.8 Å². The first-order chi connectivity index (χ1) is 11.8. The first-order valence-electron chi connectivity index (χ1n) is 8.44. The summed E-state index contributed by atoms with van der Waals surface area (Å²) in [6.45, 7) is 8.76. The van der Waals surface area contributed by atoms with Crippen LogP contribution in [0.2, 0.25) is 0 Å². The number of carbonyl (C=O) groups excluding carboxylic acids is 1. The lowest BCUT2D eigenvalue weighted by molar-refractivity contribution is 0.102. The van der Waals surface area contributed by atoms with E-state index in [0.29, 0.717) is 35.2 Å². The molecular weight excluding hydrogens is 320 g/mol. The van der Waals surface area contributed by atoms with Crippen molar-refractivity contribution in [3.8, 4) is 11.5 Å². The van der Waals surface area contributed by atoms with Crippen molar-refractivity contribution in [2.75, 3.05) is 19.0 Å².